The van der Waals surface area contributed by atoms with Crippen LogP contribution >= 0.6 is 0 Å². The van der Waals surface area contributed by atoms with E-state index >= 15 is 0 Å². The van der Waals surface area contributed by atoms with Crippen molar-refractivity contribution >= 4 is 17.3 Å². The second-order valence-corrected chi connectivity index (χ2v) is 4.22. The van der Waals surface area contributed by atoms with Crippen molar-refractivity contribution in [2.75, 3.05) is 12.3 Å². The summed E-state index contributed by atoms with van der Waals surface area (Å²) < 4.78 is 0. The zero-order chi connectivity index (χ0) is 13.9. The highest BCUT2D eigenvalue weighted by molar-refractivity contribution is 5.95. The number of amides is 1. The number of carbonyl (C=O) groups is 1. The number of hydrogen-bond donors (Lipinski definition) is 1. The summed E-state index contributed by atoms with van der Waals surface area (Å²) in [6, 6.07) is 4.11. The van der Waals surface area contributed by atoms with Gasteiger partial charge in [0.1, 0.15) is 5.69 Å². The predicted octanol–water partition coefficient (Wildman–Crippen LogP) is 2.05. The Labute approximate surface area is 106 Å². The van der Waals surface area contributed by atoms with Gasteiger partial charge in [-0.15, -0.1) is 0 Å². The quantitative estimate of drug-likeness (QED) is 0.503. The van der Waals surface area contributed by atoms with Gasteiger partial charge in [0.25, 0.3) is 11.6 Å². The molecule has 1 aromatic rings. The number of carbonyl (C=O) groups excluding carboxylic acids is 1. The number of anilines is 1. The largest absolute Gasteiger partial charge is 0.393 e. The van der Waals surface area contributed by atoms with Gasteiger partial charge in [-0.25, -0.2) is 0 Å². The van der Waals surface area contributed by atoms with Gasteiger partial charge in [-0.05, 0) is 32.9 Å². The number of hydrogen-bond acceptors (Lipinski definition) is 4. The normalized spacial score (nSPS) is 10.4. The van der Waals surface area contributed by atoms with E-state index in [0.717, 1.165) is 0 Å². The molecule has 1 aromatic carbocycles. The van der Waals surface area contributed by atoms with E-state index in [-0.39, 0.29) is 23.3 Å². The van der Waals surface area contributed by atoms with E-state index in [1.165, 1.54) is 18.2 Å². The first kappa shape index (κ1) is 14.0. The summed E-state index contributed by atoms with van der Waals surface area (Å²) in [6.07, 6.45) is 0. The SMILES string of the molecule is CCN(C(=O)c1ccc([N+](=O)[O-])c(N)c1)C(C)C. The van der Waals surface area contributed by atoms with Crippen LogP contribution in [-0.2, 0) is 0 Å². The molecule has 0 atom stereocenters. The molecule has 6 heteroatoms. The fraction of sp³-hybridized carbons (Fsp3) is 0.417. The number of nitrogens with zero attached hydrogens (tertiary/aromatic N) is 2. The molecule has 0 spiro atoms. The lowest BCUT2D eigenvalue weighted by Crippen LogP contribution is -2.36. The van der Waals surface area contributed by atoms with Crippen molar-refractivity contribution in [1.29, 1.82) is 0 Å². The van der Waals surface area contributed by atoms with Crippen LogP contribution in [0.15, 0.2) is 18.2 Å². The smallest absolute Gasteiger partial charge is 0.292 e. The van der Waals surface area contributed by atoms with Gasteiger partial charge in [-0.2, -0.15) is 0 Å². The van der Waals surface area contributed by atoms with Gasteiger partial charge in [-0.1, -0.05) is 0 Å². The van der Waals surface area contributed by atoms with E-state index in [1.807, 2.05) is 20.8 Å². The summed E-state index contributed by atoms with van der Waals surface area (Å²) in [6.45, 7) is 6.28. The van der Waals surface area contributed by atoms with Gasteiger partial charge in [0.2, 0.25) is 0 Å². The summed E-state index contributed by atoms with van der Waals surface area (Å²) in [5.41, 5.74) is 5.76. The first-order chi connectivity index (χ1) is 8.38. The van der Waals surface area contributed by atoms with Crippen molar-refractivity contribution < 1.29 is 9.72 Å². The van der Waals surface area contributed by atoms with Crippen LogP contribution in [0.4, 0.5) is 11.4 Å². The molecule has 0 heterocycles. The maximum Gasteiger partial charge on any atom is 0.292 e. The average Bonchev–Trinajstić information content (AvgIpc) is 2.28. The van der Waals surface area contributed by atoms with E-state index < -0.39 is 4.92 Å². The van der Waals surface area contributed by atoms with Crippen LogP contribution in [0.1, 0.15) is 31.1 Å². The Hall–Kier alpha value is -2.11. The van der Waals surface area contributed by atoms with E-state index in [2.05, 4.69) is 0 Å². The van der Waals surface area contributed by atoms with Crippen LogP contribution in [0, 0.1) is 10.1 Å². The van der Waals surface area contributed by atoms with Crippen molar-refractivity contribution in [3.63, 3.8) is 0 Å². The highest BCUT2D eigenvalue weighted by Gasteiger charge is 2.19. The first-order valence-corrected chi connectivity index (χ1v) is 5.73. The van der Waals surface area contributed by atoms with Gasteiger partial charge in [0, 0.05) is 24.2 Å². The molecule has 0 aromatic heterocycles. The molecule has 0 saturated carbocycles. The zero-order valence-electron chi connectivity index (χ0n) is 10.7. The number of rotatable bonds is 4. The van der Waals surface area contributed by atoms with Crippen molar-refractivity contribution in [3.8, 4) is 0 Å². The fourth-order valence-corrected chi connectivity index (χ4v) is 1.76. The molecular weight excluding hydrogens is 234 g/mol. The van der Waals surface area contributed by atoms with Crippen molar-refractivity contribution in [3.05, 3.63) is 33.9 Å². The lowest BCUT2D eigenvalue weighted by atomic mass is 10.1. The molecule has 2 N–H and O–H groups in total. The van der Waals surface area contributed by atoms with Gasteiger partial charge >= 0.3 is 0 Å². The molecule has 98 valence electrons. The minimum absolute atomic E-state index is 0.00524. The molecule has 0 radical (unpaired) electrons. The topological polar surface area (TPSA) is 89.5 Å². The van der Waals surface area contributed by atoms with Gasteiger partial charge in [-0.3, -0.25) is 14.9 Å². The lowest BCUT2D eigenvalue weighted by Gasteiger charge is -2.25. The Balaban J connectivity index is 3.08. The minimum Gasteiger partial charge on any atom is -0.393 e. The molecule has 0 unspecified atom stereocenters. The van der Waals surface area contributed by atoms with Crippen molar-refractivity contribution in [2.24, 2.45) is 0 Å². The molecule has 0 bridgehead atoms. The number of nitro groups is 1. The summed E-state index contributed by atoms with van der Waals surface area (Å²) in [4.78, 5) is 23.9. The van der Waals surface area contributed by atoms with Crippen LogP contribution < -0.4 is 5.73 Å². The zero-order valence-corrected chi connectivity index (χ0v) is 10.7. The molecule has 0 aliphatic heterocycles. The lowest BCUT2D eigenvalue weighted by molar-refractivity contribution is -0.383. The van der Waals surface area contributed by atoms with Crippen LogP contribution in [0.5, 0.6) is 0 Å². The minimum atomic E-state index is -0.566. The number of nitrogen functional groups attached to an aromatic ring is 1. The Morgan fingerprint density at radius 1 is 1.50 bits per heavy atom. The van der Waals surface area contributed by atoms with Crippen LogP contribution in [0.3, 0.4) is 0 Å². The van der Waals surface area contributed by atoms with Crippen LogP contribution in [0.2, 0.25) is 0 Å². The van der Waals surface area contributed by atoms with E-state index in [1.54, 1.807) is 4.90 Å². The second-order valence-electron chi connectivity index (χ2n) is 4.22. The third-order valence-electron chi connectivity index (χ3n) is 2.70. The summed E-state index contributed by atoms with van der Waals surface area (Å²) in [5.74, 6) is -0.172. The maximum absolute atomic E-state index is 12.2. The monoisotopic (exact) mass is 251 g/mol. The number of nitrogens with two attached hydrogens (primary N) is 1. The van der Waals surface area contributed by atoms with Crippen molar-refractivity contribution in [1.82, 2.24) is 4.90 Å². The Morgan fingerprint density at radius 2 is 2.11 bits per heavy atom. The maximum atomic E-state index is 12.2. The average molecular weight is 251 g/mol. The summed E-state index contributed by atoms with van der Waals surface area (Å²) in [7, 11) is 0. The van der Waals surface area contributed by atoms with E-state index in [9.17, 15) is 14.9 Å². The molecule has 18 heavy (non-hydrogen) atoms. The molecule has 0 aliphatic rings. The summed E-state index contributed by atoms with van der Waals surface area (Å²) in [5, 5.41) is 10.6. The highest BCUT2D eigenvalue weighted by atomic mass is 16.6. The molecule has 1 rings (SSSR count). The third-order valence-corrected chi connectivity index (χ3v) is 2.70. The first-order valence-electron chi connectivity index (χ1n) is 5.73. The van der Waals surface area contributed by atoms with Gasteiger partial charge in [0.15, 0.2) is 0 Å². The molecule has 0 aliphatic carbocycles. The molecule has 1 amide bonds. The van der Waals surface area contributed by atoms with E-state index in [0.29, 0.717) is 12.1 Å². The Morgan fingerprint density at radius 3 is 2.50 bits per heavy atom. The Bertz CT molecular complexity index is 472. The third kappa shape index (κ3) is 2.77. The van der Waals surface area contributed by atoms with Crippen LogP contribution in [-0.4, -0.2) is 28.3 Å². The number of benzene rings is 1. The standard InChI is InChI=1S/C12H17N3O3/c1-4-14(8(2)3)12(16)9-5-6-11(15(17)18)10(13)7-9/h5-8H,4,13H2,1-3H3. The Kier molecular flexibility index (Phi) is 4.25. The van der Waals surface area contributed by atoms with Crippen LogP contribution in [0.25, 0.3) is 0 Å². The fourth-order valence-electron chi connectivity index (χ4n) is 1.76. The molecule has 0 saturated heterocycles. The number of nitro benzene ring substituents is 1. The highest BCUT2D eigenvalue weighted by Crippen LogP contribution is 2.23. The summed E-state index contributed by atoms with van der Waals surface area (Å²) >= 11 is 0. The van der Waals surface area contributed by atoms with Gasteiger partial charge in [0.05, 0.1) is 4.92 Å². The predicted molar refractivity (Wildman–Crippen MR) is 69.4 cm³/mol. The molecule has 6 nitrogen and oxygen atoms in total. The van der Waals surface area contributed by atoms with E-state index in [4.69, 9.17) is 5.73 Å². The second kappa shape index (κ2) is 5.48. The van der Waals surface area contributed by atoms with Gasteiger partial charge < -0.3 is 10.6 Å². The van der Waals surface area contributed by atoms with Crippen molar-refractivity contribution in [2.45, 2.75) is 26.8 Å². The molecular formula is C12H17N3O3. The molecule has 0 fully saturated rings.